The monoisotopic (exact) mass is 323 g/mol. The molecule has 4 rings (SSSR count). The van der Waals surface area contributed by atoms with Crippen molar-refractivity contribution in [2.45, 2.75) is 84.4 Å². The van der Waals surface area contributed by atoms with Gasteiger partial charge in [-0.05, 0) is 89.4 Å². The Kier molecular flexibility index (Phi) is 5.40. The van der Waals surface area contributed by atoms with E-state index in [0.29, 0.717) is 24.1 Å². The summed E-state index contributed by atoms with van der Waals surface area (Å²) in [5, 5.41) is 10.4. The highest BCUT2D eigenvalue weighted by Crippen LogP contribution is 2.60. The molecule has 0 aromatic heterocycles. The Hall–Kier alpha value is -0.120. The first-order valence-electron chi connectivity index (χ1n) is 9.88. The summed E-state index contributed by atoms with van der Waals surface area (Å²) in [6.45, 7) is 10.9. The van der Waals surface area contributed by atoms with Crippen LogP contribution in [0.5, 0.6) is 0 Å². The van der Waals surface area contributed by atoms with Crippen molar-refractivity contribution in [3.63, 3.8) is 0 Å². The minimum atomic E-state index is -0.367. The molecule has 0 saturated heterocycles. The van der Waals surface area contributed by atoms with Gasteiger partial charge in [0.1, 0.15) is 0 Å². The molecule has 1 N–H and O–H groups in total. The van der Waals surface area contributed by atoms with Crippen LogP contribution in [0, 0.1) is 23.2 Å². The van der Waals surface area contributed by atoms with Crippen molar-refractivity contribution in [2.24, 2.45) is 23.2 Å². The van der Waals surface area contributed by atoms with E-state index in [-0.39, 0.29) is 6.10 Å². The normalized spacial score (nSPS) is 37.3. The molecule has 0 spiro atoms. The van der Waals surface area contributed by atoms with Crippen molar-refractivity contribution < 1.29 is 9.84 Å². The number of hydrogen-bond acceptors (Lipinski definition) is 3. The van der Waals surface area contributed by atoms with Gasteiger partial charge in [0.05, 0.1) is 19.3 Å². The molecule has 0 radical (unpaired) electrons. The maximum Gasteiger partial charge on any atom is 0.0900 e. The van der Waals surface area contributed by atoms with Gasteiger partial charge in [-0.2, -0.15) is 0 Å². The summed E-state index contributed by atoms with van der Waals surface area (Å²) in [6.07, 6.45) is 8.25. The summed E-state index contributed by atoms with van der Waals surface area (Å²) in [6, 6.07) is 0.931. The molecule has 4 aliphatic rings. The lowest BCUT2D eigenvalue weighted by Gasteiger charge is -2.56. The molecule has 0 amide bonds. The van der Waals surface area contributed by atoms with Crippen LogP contribution in [0.25, 0.3) is 0 Å². The molecule has 0 unspecified atom stereocenters. The predicted octanol–water partition coefficient (Wildman–Crippen LogP) is 3.70. The number of rotatable bonds is 8. The zero-order chi connectivity index (χ0) is 16.6. The average Bonchev–Trinajstić information content (AvgIpc) is 2.42. The van der Waals surface area contributed by atoms with Gasteiger partial charge in [0.15, 0.2) is 0 Å². The first-order chi connectivity index (χ1) is 10.9. The minimum Gasteiger partial charge on any atom is -0.389 e. The Morgan fingerprint density at radius 3 is 1.87 bits per heavy atom. The van der Waals surface area contributed by atoms with E-state index in [9.17, 15) is 5.11 Å². The van der Waals surface area contributed by atoms with Crippen molar-refractivity contribution in [3.8, 4) is 0 Å². The predicted molar refractivity (Wildman–Crippen MR) is 94.4 cm³/mol. The van der Waals surface area contributed by atoms with E-state index in [1.807, 2.05) is 0 Å². The Balaban J connectivity index is 1.44. The number of aliphatic hydroxyl groups excluding tert-OH is 1. The third kappa shape index (κ3) is 4.11. The van der Waals surface area contributed by atoms with Crippen LogP contribution >= 0.6 is 0 Å². The molecular formula is C20H37NO2. The van der Waals surface area contributed by atoms with E-state index in [2.05, 4.69) is 32.6 Å². The summed E-state index contributed by atoms with van der Waals surface area (Å²) in [7, 11) is 0. The molecule has 4 saturated carbocycles. The SMILES string of the molecule is CC(C)N(C[C@@H](O)COCC12CC3CC(CC(C3)C1)C2)C(C)C. The van der Waals surface area contributed by atoms with Gasteiger partial charge in [0.2, 0.25) is 0 Å². The molecule has 3 heteroatoms. The second-order valence-corrected chi connectivity index (χ2v) is 9.47. The fourth-order valence-electron chi connectivity index (χ4n) is 6.19. The fourth-order valence-corrected chi connectivity index (χ4v) is 6.19. The topological polar surface area (TPSA) is 32.7 Å². The van der Waals surface area contributed by atoms with Gasteiger partial charge in [-0.15, -0.1) is 0 Å². The Labute approximate surface area is 142 Å². The maximum atomic E-state index is 10.4. The molecule has 134 valence electrons. The summed E-state index contributed by atoms with van der Waals surface area (Å²) >= 11 is 0. The zero-order valence-corrected chi connectivity index (χ0v) is 15.6. The van der Waals surface area contributed by atoms with E-state index in [0.717, 1.165) is 30.9 Å². The quantitative estimate of drug-likeness (QED) is 0.739. The molecule has 1 atom stereocenters. The highest BCUT2D eigenvalue weighted by molar-refractivity contribution is 5.01. The van der Waals surface area contributed by atoms with Gasteiger partial charge < -0.3 is 9.84 Å². The summed E-state index contributed by atoms with van der Waals surface area (Å²) in [5.74, 6) is 2.94. The Morgan fingerprint density at radius 1 is 0.957 bits per heavy atom. The molecule has 23 heavy (non-hydrogen) atoms. The van der Waals surface area contributed by atoms with Crippen LogP contribution in [0.2, 0.25) is 0 Å². The van der Waals surface area contributed by atoms with Crippen LogP contribution in [0.3, 0.4) is 0 Å². The van der Waals surface area contributed by atoms with Gasteiger partial charge in [-0.25, -0.2) is 0 Å². The van der Waals surface area contributed by atoms with Gasteiger partial charge in [0, 0.05) is 18.6 Å². The largest absolute Gasteiger partial charge is 0.389 e. The van der Waals surface area contributed by atoms with Gasteiger partial charge in [-0.1, -0.05) is 0 Å². The third-order valence-corrected chi connectivity index (χ3v) is 6.63. The molecule has 0 aromatic carbocycles. The smallest absolute Gasteiger partial charge is 0.0900 e. The highest BCUT2D eigenvalue weighted by Gasteiger charge is 2.50. The second kappa shape index (κ2) is 7.01. The maximum absolute atomic E-state index is 10.4. The van der Waals surface area contributed by atoms with Gasteiger partial charge in [0.25, 0.3) is 0 Å². The molecular weight excluding hydrogens is 286 g/mol. The van der Waals surface area contributed by atoms with E-state index < -0.39 is 0 Å². The summed E-state index contributed by atoms with van der Waals surface area (Å²) in [5.41, 5.74) is 0.463. The van der Waals surface area contributed by atoms with Crippen molar-refractivity contribution >= 4 is 0 Å². The van der Waals surface area contributed by atoms with Crippen LogP contribution in [-0.2, 0) is 4.74 Å². The third-order valence-electron chi connectivity index (χ3n) is 6.63. The van der Waals surface area contributed by atoms with Crippen LogP contribution in [0.1, 0.15) is 66.2 Å². The minimum absolute atomic E-state index is 0.367. The average molecular weight is 324 g/mol. The molecule has 4 fully saturated rings. The van der Waals surface area contributed by atoms with Gasteiger partial charge >= 0.3 is 0 Å². The van der Waals surface area contributed by atoms with Crippen molar-refractivity contribution in [1.29, 1.82) is 0 Å². The van der Waals surface area contributed by atoms with Gasteiger partial charge in [-0.3, -0.25) is 4.90 Å². The van der Waals surface area contributed by atoms with Crippen molar-refractivity contribution in [3.05, 3.63) is 0 Å². The van der Waals surface area contributed by atoms with Crippen molar-refractivity contribution in [1.82, 2.24) is 4.90 Å². The molecule has 0 heterocycles. The first kappa shape index (κ1) is 17.7. The number of aliphatic hydroxyl groups is 1. The van der Waals surface area contributed by atoms with Crippen LogP contribution in [0.4, 0.5) is 0 Å². The fraction of sp³-hybridized carbons (Fsp3) is 1.00. The summed E-state index contributed by atoms with van der Waals surface area (Å²) < 4.78 is 6.06. The Morgan fingerprint density at radius 2 is 1.43 bits per heavy atom. The van der Waals surface area contributed by atoms with Crippen LogP contribution in [-0.4, -0.2) is 48.0 Å². The van der Waals surface area contributed by atoms with E-state index in [4.69, 9.17) is 4.74 Å². The lowest BCUT2D eigenvalue weighted by molar-refractivity contribution is -0.107. The highest BCUT2D eigenvalue weighted by atomic mass is 16.5. The molecule has 0 aliphatic heterocycles. The number of ether oxygens (including phenoxy) is 1. The van der Waals surface area contributed by atoms with Crippen molar-refractivity contribution in [2.75, 3.05) is 19.8 Å². The van der Waals surface area contributed by atoms with E-state index in [1.54, 1.807) is 0 Å². The molecule has 4 bridgehead atoms. The summed E-state index contributed by atoms with van der Waals surface area (Å²) in [4.78, 5) is 2.35. The van der Waals surface area contributed by atoms with Crippen LogP contribution < -0.4 is 0 Å². The number of hydrogen-bond donors (Lipinski definition) is 1. The van der Waals surface area contributed by atoms with E-state index >= 15 is 0 Å². The standard InChI is InChI=1S/C20H37NO2/c1-14(2)21(15(3)4)11-19(22)12-23-13-20-8-16-5-17(9-20)7-18(6-16)10-20/h14-19,22H,5-13H2,1-4H3/t16?,17?,18?,19-,20?/m1/s1. The first-order valence-corrected chi connectivity index (χ1v) is 9.88. The number of nitrogens with zero attached hydrogens (tertiary/aromatic N) is 1. The second-order valence-electron chi connectivity index (χ2n) is 9.47. The molecule has 0 aromatic rings. The lowest BCUT2D eigenvalue weighted by atomic mass is 9.50. The molecule has 4 aliphatic carbocycles. The zero-order valence-electron chi connectivity index (χ0n) is 15.6. The molecule has 3 nitrogen and oxygen atoms in total. The van der Waals surface area contributed by atoms with Crippen LogP contribution in [0.15, 0.2) is 0 Å². The lowest BCUT2D eigenvalue weighted by Crippen LogP contribution is -2.48. The van der Waals surface area contributed by atoms with E-state index in [1.165, 1.54) is 38.5 Å². The Bertz CT molecular complexity index is 350.